The van der Waals surface area contributed by atoms with Gasteiger partial charge in [0.15, 0.2) is 16.6 Å². The summed E-state index contributed by atoms with van der Waals surface area (Å²) in [6.07, 6.45) is 1.33. The molecule has 9 nitrogen and oxygen atoms in total. The van der Waals surface area contributed by atoms with E-state index in [1.165, 1.54) is 22.2 Å². The Morgan fingerprint density at radius 3 is 2.83 bits per heavy atom. The number of nitrogens with zero attached hydrogens (tertiary/aromatic N) is 5. The minimum Gasteiger partial charge on any atom is -0.360 e. The van der Waals surface area contributed by atoms with Crippen LogP contribution in [-0.4, -0.2) is 32.6 Å². The summed E-state index contributed by atoms with van der Waals surface area (Å²) in [5, 5.41) is 6.98. The number of hydrogen-bond donors (Lipinski definition) is 1. The van der Waals surface area contributed by atoms with Crippen molar-refractivity contribution in [2.24, 2.45) is 0 Å². The van der Waals surface area contributed by atoms with E-state index in [4.69, 9.17) is 4.52 Å². The molecule has 4 rings (SSSR count). The van der Waals surface area contributed by atoms with E-state index in [0.29, 0.717) is 33.6 Å². The molecule has 0 aliphatic carbocycles. The Hall–Kier alpha value is -3.53. The van der Waals surface area contributed by atoms with Crippen LogP contribution in [0.5, 0.6) is 0 Å². The fourth-order valence-electron chi connectivity index (χ4n) is 2.80. The number of carbonyl (C=O) groups excluding carboxylic acids is 1. The van der Waals surface area contributed by atoms with Crippen LogP contribution in [0, 0.1) is 6.92 Å². The predicted molar refractivity (Wildman–Crippen MR) is 110 cm³/mol. The summed E-state index contributed by atoms with van der Waals surface area (Å²) in [7, 11) is 1.91. The molecule has 0 unspecified atom stereocenters. The third-order valence-electron chi connectivity index (χ3n) is 4.17. The van der Waals surface area contributed by atoms with Crippen molar-refractivity contribution in [2.75, 3.05) is 17.3 Å². The molecule has 1 amide bonds. The summed E-state index contributed by atoms with van der Waals surface area (Å²) in [4.78, 5) is 35.6. The molecule has 4 aromatic rings. The molecule has 29 heavy (non-hydrogen) atoms. The Labute approximate surface area is 169 Å². The highest BCUT2D eigenvalue weighted by Gasteiger charge is 2.15. The third-order valence-corrected chi connectivity index (χ3v) is 5.32. The summed E-state index contributed by atoms with van der Waals surface area (Å²) in [5.41, 5.74) is 1.21. The van der Waals surface area contributed by atoms with Crippen molar-refractivity contribution in [1.82, 2.24) is 19.7 Å². The summed E-state index contributed by atoms with van der Waals surface area (Å²) >= 11 is 1.26. The highest BCUT2D eigenvalue weighted by Crippen LogP contribution is 2.25. The Balaban J connectivity index is 1.52. The van der Waals surface area contributed by atoms with Crippen molar-refractivity contribution in [3.8, 4) is 0 Å². The summed E-state index contributed by atoms with van der Waals surface area (Å²) < 4.78 is 6.57. The Bertz CT molecular complexity index is 1210. The maximum Gasteiger partial charge on any atom is 0.273 e. The van der Waals surface area contributed by atoms with Crippen molar-refractivity contribution < 1.29 is 9.32 Å². The Morgan fingerprint density at radius 2 is 2.10 bits per heavy atom. The van der Waals surface area contributed by atoms with Gasteiger partial charge in [0.25, 0.3) is 5.56 Å². The van der Waals surface area contributed by atoms with Gasteiger partial charge in [-0.3, -0.25) is 14.2 Å². The number of aromatic nitrogens is 4. The van der Waals surface area contributed by atoms with Crippen molar-refractivity contribution >= 4 is 38.5 Å². The van der Waals surface area contributed by atoms with Gasteiger partial charge in [0.05, 0.1) is 0 Å². The number of anilines is 2. The SMILES string of the molecule is Cc1cc(NC(=O)Cn2cnc3nc(N(C)Cc4ccccc4)sc3c2=O)no1. The molecule has 0 aliphatic heterocycles. The van der Waals surface area contributed by atoms with Crippen LogP contribution in [0.25, 0.3) is 10.3 Å². The van der Waals surface area contributed by atoms with Gasteiger partial charge < -0.3 is 14.7 Å². The maximum atomic E-state index is 12.8. The maximum absolute atomic E-state index is 12.8. The zero-order valence-corrected chi connectivity index (χ0v) is 16.6. The first-order chi connectivity index (χ1) is 14.0. The van der Waals surface area contributed by atoms with Gasteiger partial charge in [0.2, 0.25) is 5.91 Å². The number of aryl methyl sites for hydroxylation is 1. The zero-order chi connectivity index (χ0) is 20.4. The molecule has 0 radical (unpaired) electrons. The standard InChI is InChI=1S/C19H18N6O3S/c1-12-8-14(23-28-12)21-15(26)10-25-11-20-17-16(18(25)27)29-19(22-17)24(2)9-13-6-4-3-5-7-13/h3-8,11H,9-10H2,1-2H3,(H,21,23,26). The average Bonchev–Trinajstić information content (AvgIpc) is 3.31. The molecule has 1 N–H and O–H groups in total. The normalized spacial score (nSPS) is 11.0. The van der Waals surface area contributed by atoms with Crippen LogP contribution in [0.1, 0.15) is 11.3 Å². The molecule has 0 spiro atoms. The van der Waals surface area contributed by atoms with Crippen LogP contribution in [0.15, 0.2) is 52.0 Å². The lowest BCUT2D eigenvalue weighted by molar-refractivity contribution is -0.116. The van der Waals surface area contributed by atoms with Crippen molar-refractivity contribution in [3.05, 3.63) is 64.4 Å². The molecule has 3 aromatic heterocycles. The molecule has 0 bridgehead atoms. The van der Waals surface area contributed by atoms with Crippen LogP contribution in [0.3, 0.4) is 0 Å². The van der Waals surface area contributed by atoms with E-state index in [0.717, 1.165) is 5.56 Å². The molecule has 0 saturated carbocycles. The van der Waals surface area contributed by atoms with Crippen LogP contribution >= 0.6 is 11.3 Å². The quantitative estimate of drug-likeness (QED) is 0.520. The molecule has 0 atom stereocenters. The van der Waals surface area contributed by atoms with E-state index in [-0.39, 0.29) is 12.1 Å². The molecule has 1 aromatic carbocycles. The Morgan fingerprint density at radius 1 is 1.31 bits per heavy atom. The minimum atomic E-state index is -0.396. The van der Waals surface area contributed by atoms with Gasteiger partial charge >= 0.3 is 0 Å². The molecule has 0 aliphatic rings. The third kappa shape index (κ3) is 4.16. The van der Waals surface area contributed by atoms with E-state index in [1.807, 2.05) is 42.3 Å². The molecular formula is C19H18N6O3S. The molecule has 0 saturated heterocycles. The lowest BCUT2D eigenvalue weighted by atomic mass is 10.2. The van der Waals surface area contributed by atoms with Gasteiger partial charge in [-0.15, -0.1) is 0 Å². The van der Waals surface area contributed by atoms with Crippen LogP contribution in [-0.2, 0) is 17.9 Å². The van der Waals surface area contributed by atoms with E-state index in [9.17, 15) is 9.59 Å². The fraction of sp³-hybridized carbons (Fsp3) is 0.211. The average molecular weight is 410 g/mol. The van der Waals surface area contributed by atoms with Gasteiger partial charge in [-0.25, -0.2) is 4.98 Å². The lowest BCUT2D eigenvalue weighted by Gasteiger charge is -2.15. The fourth-order valence-corrected chi connectivity index (χ4v) is 3.73. The number of benzene rings is 1. The van der Waals surface area contributed by atoms with Gasteiger partial charge in [0.1, 0.15) is 23.3 Å². The summed E-state index contributed by atoms with van der Waals surface area (Å²) in [6, 6.07) is 11.6. The van der Waals surface area contributed by atoms with E-state index in [1.54, 1.807) is 13.0 Å². The second-order valence-corrected chi connectivity index (χ2v) is 7.52. The second-order valence-electron chi connectivity index (χ2n) is 6.54. The van der Waals surface area contributed by atoms with Gasteiger partial charge in [-0.05, 0) is 12.5 Å². The molecule has 10 heteroatoms. The van der Waals surface area contributed by atoms with Crippen LogP contribution in [0.2, 0.25) is 0 Å². The summed E-state index contributed by atoms with van der Waals surface area (Å²) in [5.74, 6) is 0.488. The molecule has 148 valence electrons. The number of nitrogens with one attached hydrogen (secondary N) is 1. The highest BCUT2D eigenvalue weighted by molar-refractivity contribution is 7.22. The number of amides is 1. The second kappa shape index (κ2) is 7.84. The van der Waals surface area contributed by atoms with Crippen molar-refractivity contribution in [3.63, 3.8) is 0 Å². The van der Waals surface area contributed by atoms with Gasteiger partial charge in [0, 0.05) is 19.7 Å². The number of thiazole rings is 1. The number of rotatable bonds is 6. The number of fused-ring (bicyclic) bond motifs is 1. The first-order valence-corrected chi connectivity index (χ1v) is 9.65. The monoisotopic (exact) mass is 410 g/mol. The first-order valence-electron chi connectivity index (χ1n) is 8.84. The van der Waals surface area contributed by atoms with Crippen LogP contribution < -0.4 is 15.8 Å². The zero-order valence-electron chi connectivity index (χ0n) is 15.8. The van der Waals surface area contributed by atoms with Gasteiger partial charge in [-0.1, -0.05) is 46.8 Å². The van der Waals surface area contributed by atoms with Gasteiger partial charge in [-0.2, -0.15) is 4.98 Å². The lowest BCUT2D eigenvalue weighted by Crippen LogP contribution is -2.27. The first kappa shape index (κ1) is 18.8. The van der Waals surface area contributed by atoms with E-state index < -0.39 is 5.91 Å². The largest absolute Gasteiger partial charge is 0.360 e. The summed E-state index contributed by atoms with van der Waals surface area (Å²) in [6.45, 7) is 2.20. The smallest absolute Gasteiger partial charge is 0.273 e. The highest BCUT2D eigenvalue weighted by atomic mass is 32.1. The van der Waals surface area contributed by atoms with E-state index >= 15 is 0 Å². The van der Waals surface area contributed by atoms with Crippen molar-refractivity contribution in [2.45, 2.75) is 20.0 Å². The predicted octanol–water partition coefficient (Wildman–Crippen LogP) is 2.42. The molecule has 3 heterocycles. The molecular weight excluding hydrogens is 392 g/mol. The van der Waals surface area contributed by atoms with Crippen LogP contribution in [0.4, 0.5) is 10.9 Å². The number of hydrogen-bond acceptors (Lipinski definition) is 8. The number of carbonyl (C=O) groups is 1. The molecule has 0 fully saturated rings. The minimum absolute atomic E-state index is 0.180. The van der Waals surface area contributed by atoms with Crippen molar-refractivity contribution in [1.29, 1.82) is 0 Å². The topological polar surface area (TPSA) is 106 Å². The Kier molecular flexibility index (Phi) is 5.09. The van der Waals surface area contributed by atoms with E-state index in [2.05, 4.69) is 20.4 Å².